The number of rotatable bonds is 6. The Hall–Kier alpha value is -2.16. The fraction of sp³-hybridized carbons (Fsp3) is 0.188. The lowest BCUT2D eigenvalue weighted by molar-refractivity contribution is -0.144. The summed E-state index contributed by atoms with van der Waals surface area (Å²) in [6, 6.07) is 12.2. The Labute approximate surface area is 136 Å². The molecule has 0 N–H and O–H groups in total. The molecule has 6 heteroatoms. The van der Waals surface area contributed by atoms with Gasteiger partial charge in [0.2, 0.25) is 0 Å². The zero-order chi connectivity index (χ0) is 15.9. The van der Waals surface area contributed by atoms with E-state index in [4.69, 9.17) is 21.6 Å². The average molecular weight is 334 g/mol. The molecule has 112 valence electrons. The highest BCUT2D eigenvalue weighted by Gasteiger charge is 2.12. The van der Waals surface area contributed by atoms with E-state index in [1.54, 1.807) is 36.4 Å². The van der Waals surface area contributed by atoms with Crippen LogP contribution in [0.15, 0.2) is 36.4 Å². The van der Waals surface area contributed by atoms with Crippen molar-refractivity contribution < 1.29 is 14.3 Å². The number of carbonyl (C=O) groups excluding carboxylic acids is 2. The minimum Gasteiger partial charge on any atom is -0.461 e. The average Bonchev–Trinajstić information content (AvgIpc) is 2.97. The van der Waals surface area contributed by atoms with Gasteiger partial charge < -0.3 is 4.74 Å². The third kappa shape index (κ3) is 4.42. The summed E-state index contributed by atoms with van der Waals surface area (Å²) in [4.78, 5) is 24.0. The molecule has 4 nitrogen and oxygen atoms in total. The number of esters is 1. The van der Waals surface area contributed by atoms with Crippen LogP contribution in [0.3, 0.4) is 0 Å². The second-order valence-corrected chi connectivity index (χ2v) is 6.17. The van der Waals surface area contributed by atoms with E-state index in [9.17, 15) is 9.59 Å². The maximum atomic E-state index is 11.8. The maximum absolute atomic E-state index is 11.8. The number of benzene rings is 1. The smallest absolute Gasteiger partial charge is 0.306 e. The van der Waals surface area contributed by atoms with Crippen LogP contribution in [0.5, 0.6) is 0 Å². The molecule has 0 aliphatic rings. The first-order valence-electron chi connectivity index (χ1n) is 6.52. The Morgan fingerprint density at radius 2 is 1.95 bits per heavy atom. The van der Waals surface area contributed by atoms with Gasteiger partial charge in [0.25, 0.3) is 0 Å². The van der Waals surface area contributed by atoms with Crippen LogP contribution in [-0.2, 0) is 16.1 Å². The third-order valence-electron chi connectivity index (χ3n) is 2.93. The Bertz CT molecular complexity index is 733. The van der Waals surface area contributed by atoms with Gasteiger partial charge in [0.15, 0.2) is 5.78 Å². The van der Waals surface area contributed by atoms with Crippen LogP contribution < -0.4 is 0 Å². The summed E-state index contributed by atoms with van der Waals surface area (Å²) < 4.78 is 5.64. The zero-order valence-corrected chi connectivity index (χ0v) is 13.1. The number of nitrogens with zero attached hydrogens (tertiary/aromatic N) is 1. The number of Topliss-reactive ketones (excluding diaryl/α,β-unsaturated/α-hetero) is 1. The summed E-state index contributed by atoms with van der Waals surface area (Å²) >= 11 is 6.95. The predicted molar refractivity (Wildman–Crippen MR) is 83.8 cm³/mol. The van der Waals surface area contributed by atoms with Crippen LogP contribution in [0.4, 0.5) is 0 Å². The van der Waals surface area contributed by atoms with Gasteiger partial charge in [-0.05, 0) is 18.2 Å². The Morgan fingerprint density at radius 3 is 2.64 bits per heavy atom. The fourth-order valence-electron chi connectivity index (χ4n) is 1.79. The first-order chi connectivity index (χ1) is 10.6. The number of hydrogen-bond acceptors (Lipinski definition) is 5. The fourth-order valence-corrected chi connectivity index (χ4v) is 2.80. The van der Waals surface area contributed by atoms with Crippen LogP contribution in [-0.4, -0.2) is 11.8 Å². The number of ketones is 1. The van der Waals surface area contributed by atoms with E-state index in [-0.39, 0.29) is 25.2 Å². The van der Waals surface area contributed by atoms with Gasteiger partial charge in [-0.2, -0.15) is 5.26 Å². The molecule has 22 heavy (non-hydrogen) atoms. The standard InChI is InChI=1S/C16H12ClNO3S/c17-15-7-6-14(22-15)13(19)5-8-16(20)21-10-12-4-2-1-3-11(12)9-18/h1-4,6-7H,5,8,10H2. The summed E-state index contributed by atoms with van der Waals surface area (Å²) in [6.07, 6.45) is 0.0820. The van der Waals surface area contributed by atoms with E-state index in [0.29, 0.717) is 20.3 Å². The first kappa shape index (κ1) is 16.2. The molecule has 2 aromatic rings. The van der Waals surface area contributed by atoms with Crippen molar-refractivity contribution in [3.63, 3.8) is 0 Å². The summed E-state index contributed by atoms with van der Waals surface area (Å²) in [7, 11) is 0. The summed E-state index contributed by atoms with van der Waals surface area (Å²) in [5, 5.41) is 8.94. The first-order valence-corrected chi connectivity index (χ1v) is 7.72. The van der Waals surface area contributed by atoms with Crippen molar-refractivity contribution in [3.8, 4) is 6.07 Å². The van der Waals surface area contributed by atoms with E-state index in [2.05, 4.69) is 0 Å². The number of hydrogen-bond donors (Lipinski definition) is 0. The van der Waals surface area contributed by atoms with Crippen molar-refractivity contribution in [2.45, 2.75) is 19.4 Å². The normalized spacial score (nSPS) is 10.0. The molecular formula is C16H12ClNO3S. The van der Waals surface area contributed by atoms with Crippen LogP contribution >= 0.6 is 22.9 Å². The molecule has 0 saturated heterocycles. The van der Waals surface area contributed by atoms with Gasteiger partial charge in [-0.25, -0.2) is 0 Å². The topological polar surface area (TPSA) is 67.2 Å². The van der Waals surface area contributed by atoms with E-state index in [1.165, 1.54) is 11.3 Å². The quantitative estimate of drug-likeness (QED) is 0.592. The van der Waals surface area contributed by atoms with Crippen LogP contribution in [0.2, 0.25) is 4.34 Å². The summed E-state index contributed by atoms with van der Waals surface area (Å²) in [5.41, 5.74) is 1.12. The van der Waals surface area contributed by atoms with Gasteiger partial charge in [0.05, 0.1) is 27.3 Å². The Morgan fingerprint density at radius 1 is 1.18 bits per heavy atom. The Balaban J connectivity index is 1.81. The minimum atomic E-state index is -0.469. The van der Waals surface area contributed by atoms with Crippen LogP contribution in [0.25, 0.3) is 0 Å². The van der Waals surface area contributed by atoms with Crippen LogP contribution in [0.1, 0.15) is 33.6 Å². The van der Waals surface area contributed by atoms with E-state index in [1.807, 2.05) is 6.07 Å². The molecule has 0 spiro atoms. The molecule has 1 heterocycles. The molecule has 1 aromatic heterocycles. The number of ether oxygens (including phenoxy) is 1. The van der Waals surface area contributed by atoms with Gasteiger partial charge in [0, 0.05) is 12.0 Å². The monoisotopic (exact) mass is 333 g/mol. The molecule has 0 radical (unpaired) electrons. The van der Waals surface area contributed by atoms with Gasteiger partial charge in [-0.15, -0.1) is 11.3 Å². The molecule has 0 atom stereocenters. The SMILES string of the molecule is N#Cc1ccccc1COC(=O)CCC(=O)c1ccc(Cl)s1. The van der Waals surface area contributed by atoms with Gasteiger partial charge in [-0.1, -0.05) is 29.8 Å². The molecule has 0 aliphatic carbocycles. The number of carbonyl (C=O) groups is 2. The number of thiophene rings is 1. The minimum absolute atomic E-state index is 0.00305. The van der Waals surface area contributed by atoms with Crippen molar-refractivity contribution in [3.05, 3.63) is 56.7 Å². The zero-order valence-electron chi connectivity index (χ0n) is 11.5. The molecule has 0 saturated carbocycles. The summed E-state index contributed by atoms with van der Waals surface area (Å²) in [6.45, 7) is 0.0294. The maximum Gasteiger partial charge on any atom is 0.306 e. The van der Waals surface area contributed by atoms with Crippen molar-refractivity contribution >= 4 is 34.7 Å². The van der Waals surface area contributed by atoms with Gasteiger partial charge >= 0.3 is 5.97 Å². The highest BCUT2D eigenvalue weighted by atomic mass is 35.5. The lowest BCUT2D eigenvalue weighted by Gasteiger charge is -2.05. The third-order valence-corrected chi connectivity index (χ3v) is 4.20. The largest absolute Gasteiger partial charge is 0.461 e. The van der Waals surface area contributed by atoms with Crippen molar-refractivity contribution in [2.24, 2.45) is 0 Å². The lowest BCUT2D eigenvalue weighted by Crippen LogP contribution is -2.08. The van der Waals surface area contributed by atoms with E-state index >= 15 is 0 Å². The lowest BCUT2D eigenvalue weighted by atomic mass is 10.1. The molecular weight excluding hydrogens is 322 g/mol. The number of nitriles is 1. The summed E-state index contributed by atoms with van der Waals surface area (Å²) in [5.74, 6) is -0.602. The van der Waals surface area contributed by atoms with Gasteiger partial charge in [-0.3, -0.25) is 9.59 Å². The Kier molecular flexibility index (Phi) is 5.70. The van der Waals surface area contributed by atoms with Crippen LogP contribution in [0, 0.1) is 11.3 Å². The van der Waals surface area contributed by atoms with Gasteiger partial charge in [0.1, 0.15) is 6.61 Å². The molecule has 0 aliphatic heterocycles. The molecule has 2 rings (SSSR count). The second-order valence-electron chi connectivity index (χ2n) is 4.46. The van der Waals surface area contributed by atoms with Crippen molar-refractivity contribution in [1.29, 1.82) is 5.26 Å². The second kappa shape index (κ2) is 7.74. The molecule has 0 bridgehead atoms. The van der Waals surface area contributed by atoms with Crippen molar-refractivity contribution in [1.82, 2.24) is 0 Å². The van der Waals surface area contributed by atoms with E-state index in [0.717, 1.165) is 0 Å². The van der Waals surface area contributed by atoms with Crippen molar-refractivity contribution in [2.75, 3.05) is 0 Å². The number of halogens is 1. The molecule has 0 amide bonds. The molecule has 0 unspecified atom stereocenters. The molecule has 1 aromatic carbocycles. The highest BCUT2D eigenvalue weighted by Crippen LogP contribution is 2.23. The molecule has 0 fully saturated rings. The highest BCUT2D eigenvalue weighted by molar-refractivity contribution is 7.18. The predicted octanol–water partition coefficient (Wildman–Crippen LogP) is 3.98. The van der Waals surface area contributed by atoms with E-state index < -0.39 is 5.97 Å².